The summed E-state index contributed by atoms with van der Waals surface area (Å²) >= 11 is 0. The molecule has 186 valence electrons. The molecule has 1 aliphatic heterocycles. The van der Waals surface area contributed by atoms with Crippen LogP contribution >= 0.6 is 0 Å². The van der Waals surface area contributed by atoms with Crippen molar-refractivity contribution in [3.05, 3.63) is 29.7 Å². The van der Waals surface area contributed by atoms with Crippen LogP contribution in [0.25, 0.3) is 11.0 Å². The molecule has 0 saturated carbocycles. The molecule has 0 aromatic carbocycles. The molecule has 1 aliphatic rings. The number of methoxy groups -OCH3 is 1. The van der Waals surface area contributed by atoms with E-state index in [1.807, 2.05) is 6.07 Å². The van der Waals surface area contributed by atoms with Gasteiger partial charge in [0.1, 0.15) is 22.5 Å². The van der Waals surface area contributed by atoms with Crippen LogP contribution in [0.15, 0.2) is 18.3 Å². The van der Waals surface area contributed by atoms with Crippen LogP contribution in [0.5, 0.6) is 5.75 Å². The summed E-state index contributed by atoms with van der Waals surface area (Å²) in [5.41, 5.74) is 14.9. The zero-order valence-electron chi connectivity index (χ0n) is 20.6. The number of unbranched alkanes of at least 4 members (excludes halogenated alkanes) is 3. The topological polar surface area (TPSA) is 141 Å². The number of aliphatic hydroxyl groups is 1. The Morgan fingerprint density at radius 2 is 1.85 bits per heavy atom. The van der Waals surface area contributed by atoms with E-state index >= 15 is 0 Å². The number of aliphatic hydroxyl groups excluding tert-OH is 1. The van der Waals surface area contributed by atoms with Gasteiger partial charge in [-0.1, -0.05) is 26.2 Å². The molecule has 3 aromatic rings. The SMILES string of the molecule is CCCCCCO.COc1ccc(C2CCN(C)CC2)nc1Cn1ncc2nc(N)nc(N)c21. The van der Waals surface area contributed by atoms with Crippen LogP contribution in [0, 0.1) is 0 Å². The minimum atomic E-state index is 0.138. The van der Waals surface area contributed by atoms with E-state index in [0.29, 0.717) is 35.9 Å². The van der Waals surface area contributed by atoms with Crippen molar-refractivity contribution in [2.24, 2.45) is 0 Å². The Morgan fingerprint density at radius 1 is 1.09 bits per heavy atom. The van der Waals surface area contributed by atoms with Gasteiger partial charge in [-0.15, -0.1) is 0 Å². The van der Waals surface area contributed by atoms with Crippen molar-refractivity contribution in [2.75, 3.05) is 45.3 Å². The molecule has 1 fully saturated rings. The average molecular weight is 471 g/mol. The Morgan fingerprint density at radius 3 is 2.53 bits per heavy atom. The lowest BCUT2D eigenvalue weighted by Crippen LogP contribution is -2.29. The molecular weight excluding hydrogens is 432 g/mol. The van der Waals surface area contributed by atoms with Crippen LogP contribution in [0.3, 0.4) is 0 Å². The second kappa shape index (κ2) is 12.5. The molecule has 0 spiro atoms. The molecule has 34 heavy (non-hydrogen) atoms. The van der Waals surface area contributed by atoms with E-state index in [4.69, 9.17) is 26.3 Å². The fourth-order valence-electron chi connectivity index (χ4n) is 4.18. The molecule has 10 heteroatoms. The molecule has 0 radical (unpaired) electrons. The number of aromatic nitrogens is 5. The van der Waals surface area contributed by atoms with Crippen LogP contribution in [0.4, 0.5) is 11.8 Å². The number of anilines is 2. The summed E-state index contributed by atoms with van der Waals surface area (Å²) in [5, 5.41) is 12.7. The van der Waals surface area contributed by atoms with Crippen molar-refractivity contribution in [3.8, 4) is 5.75 Å². The van der Waals surface area contributed by atoms with Gasteiger partial charge in [0.25, 0.3) is 0 Å². The van der Waals surface area contributed by atoms with Gasteiger partial charge in [-0.05, 0) is 51.5 Å². The molecule has 0 amide bonds. The highest BCUT2D eigenvalue weighted by molar-refractivity contribution is 5.85. The molecular formula is C24H38N8O2. The van der Waals surface area contributed by atoms with E-state index < -0.39 is 0 Å². The number of nitrogens with zero attached hydrogens (tertiary/aromatic N) is 6. The highest BCUT2D eigenvalue weighted by atomic mass is 16.5. The van der Waals surface area contributed by atoms with Crippen molar-refractivity contribution in [2.45, 2.75) is 57.9 Å². The first-order valence-electron chi connectivity index (χ1n) is 12.0. The molecule has 0 bridgehead atoms. The Labute approximate surface area is 201 Å². The molecule has 4 heterocycles. The van der Waals surface area contributed by atoms with E-state index in [1.54, 1.807) is 18.0 Å². The Hall–Kier alpha value is -2.98. The van der Waals surface area contributed by atoms with Crippen molar-refractivity contribution < 1.29 is 9.84 Å². The summed E-state index contributed by atoms with van der Waals surface area (Å²) in [4.78, 5) is 15.5. The Bertz CT molecular complexity index is 1040. The number of likely N-dealkylation sites (tertiary alicyclic amines) is 1. The lowest BCUT2D eigenvalue weighted by Gasteiger charge is -2.28. The number of nitrogen functional groups attached to an aromatic ring is 2. The van der Waals surface area contributed by atoms with Crippen molar-refractivity contribution in [1.29, 1.82) is 0 Å². The molecule has 0 aliphatic carbocycles. The van der Waals surface area contributed by atoms with E-state index in [9.17, 15) is 0 Å². The first kappa shape index (κ1) is 25.6. The maximum atomic E-state index is 8.29. The van der Waals surface area contributed by atoms with Crippen molar-refractivity contribution in [1.82, 2.24) is 29.6 Å². The number of nitrogens with two attached hydrogens (primary N) is 2. The van der Waals surface area contributed by atoms with E-state index in [-0.39, 0.29) is 5.95 Å². The first-order valence-corrected chi connectivity index (χ1v) is 12.0. The lowest BCUT2D eigenvalue weighted by molar-refractivity contribution is 0.253. The van der Waals surface area contributed by atoms with Crippen molar-refractivity contribution >= 4 is 22.8 Å². The zero-order valence-corrected chi connectivity index (χ0v) is 20.6. The Balaban J connectivity index is 0.000000406. The second-order valence-electron chi connectivity index (χ2n) is 8.75. The van der Waals surface area contributed by atoms with Crippen LogP contribution in [-0.4, -0.2) is 68.6 Å². The van der Waals surface area contributed by atoms with E-state index in [2.05, 4.69) is 40.0 Å². The largest absolute Gasteiger partial charge is 0.495 e. The molecule has 4 rings (SSSR count). The summed E-state index contributed by atoms with van der Waals surface area (Å²) < 4.78 is 7.26. The van der Waals surface area contributed by atoms with Gasteiger partial charge in [0.15, 0.2) is 5.82 Å². The maximum Gasteiger partial charge on any atom is 0.222 e. The normalized spacial score (nSPS) is 14.7. The average Bonchev–Trinajstić information content (AvgIpc) is 3.23. The number of hydrogen-bond acceptors (Lipinski definition) is 9. The first-order chi connectivity index (χ1) is 16.5. The van der Waals surface area contributed by atoms with E-state index in [0.717, 1.165) is 49.5 Å². The predicted molar refractivity (Wildman–Crippen MR) is 135 cm³/mol. The predicted octanol–water partition coefficient (Wildman–Crippen LogP) is 2.81. The number of ether oxygens (including phenoxy) is 1. The summed E-state index contributed by atoms with van der Waals surface area (Å²) in [5.74, 6) is 1.64. The number of rotatable bonds is 8. The standard InChI is InChI=1S/C18H24N8O.C6H14O/c1-25-7-5-11(6-8-25)12-3-4-15(27-2)14(22-12)10-26-16-13(9-21-26)23-18(20)24-17(16)19;1-2-3-4-5-6-7/h3-4,9,11H,5-8,10H2,1-2H3,(H4,19,20,23,24);7H,2-6H2,1H3. The van der Waals surface area contributed by atoms with Crippen LogP contribution in [0.2, 0.25) is 0 Å². The van der Waals surface area contributed by atoms with Gasteiger partial charge in [0, 0.05) is 18.2 Å². The van der Waals surface area contributed by atoms with E-state index in [1.165, 1.54) is 19.3 Å². The van der Waals surface area contributed by atoms with Gasteiger partial charge in [-0.25, -0.2) is 4.98 Å². The summed E-state index contributed by atoms with van der Waals surface area (Å²) in [6, 6.07) is 4.05. The maximum absolute atomic E-state index is 8.29. The number of piperidine rings is 1. The molecule has 10 nitrogen and oxygen atoms in total. The zero-order chi connectivity index (χ0) is 24.5. The molecule has 3 aromatic heterocycles. The molecule has 5 N–H and O–H groups in total. The third kappa shape index (κ3) is 6.54. The van der Waals surface area contributed by atoms with Crippen LogP contribution in [0.1, 0.15) is 62.8 Å². The summed E-state index contributed by atoms with van der Waals surface area (Å²) in [6.45, 7) is 5.13. The number of fused-ring (bicyclic) bond motifs is 1. The van der Waals surface area contributed by atoms with Gasteiger partial charge in [0.2, 0.25) is 5.95 Å². The minimum absolute atomic E-state index is 0.138. The third-order valence-electron chi connectivity index (χ3n) is 6.15. The quantitative estimate of drug-likeness (QED) is 0.424. The van der Waals surface area contributed by atoms with Gasteiger partial charge >= 0.3 is 0 Å². The fraction of sp³-hybridized carbons (Fsp3) is 0.583. The van der Waals surface area contributed by atoms with Crippen LogP contribution < -0.4 is 16.2 Å². The monoisotopic (exact) mass is 470 g/mol. The third-order valence-corrected chi connectivity index (χ3v) is 6.15. The van der Waals surface area contributed by atoms with Gasteiger partial charge in [0.05, 0.1) is 19.9 Å². The lowest BCUT2D eigenvalue weighted by atomic mass is 9.93. The summed E-state index contributed by atoms with van der Waals surface area (Å²) in [7, 11) is 3.81. The highest BCUT2D eigenvalue weighted by Gasteiger charge is 2.21. The minimum Gasteiger partial charge on any atom is -0.495 e. The van der Waals surface area contributed by atoms with Gasteiger partial charge in [-0.2, -0.15) is 10.1 Å². The molecule has 1 saturated heterocycles. The molecule has 0 atom stereocenters. The van der Waals surface area contributed by atoms with Gasteiger partial charge in [-0.3, -0.25) is 9.67 Å². The number of pyridine rings is 1. The fourth-order valence-corrected chi connectivity index (χ4v) is 4.18. The second-order valence-corrected chi connectivity index (χ2v) is 8.75. The number of hydrogen-bond donors (Lipinski definition) is 3. The molecule has 0 unspecified atom stereocenters. The summed E-state index contributed by atoms with van der Waals surface area (Å²) in [6.07, 6.45) is 8.54. The van der Waals surface area contributed by atoms with Crippen molar-refractivity contribution in [3.63, 3.8) is 0 Å². The smallest absolute Gasteiger partial charge is 0.222 e. The van der Waals surface area contributed by atoms with Gasteiger partial charge < -0.3 is 26.2 Å². The Kier molecular flexibility index (Phi) is 9.41. The van der Waals surface area contributed by atoms with Crippen LogP contribution in [-0.2, 0) is 6.54 Å². The highest BCUT2D eigenvalue weighted by Crippen LogP contribution is 2.29.